The van der Waals surface area contributed by atoms with Crippen molar-refractivity contribution in [2.45, 2.75) is 46.0 Å². The first kappa shape index (κ1) is 18.4. The van der Waals surface area contributed by atoms with E-state index in [1.165, 1.54) is 11.1 Å². The van der Waals surface area contributed by atoms with Crippen molar-refractivity contribution in [1.29, 1.82) is 0 Å². The van der Waals surface area contributed by atoms with Gasteiger partial charge >= 0.3 is 0 Å². The Morgan fingerprint density at radius 1 is 0.846 bits per heavy atom. The van der Waals surface area contributed by atoms with Crippen LogP contribution in [0.4, 0.5) is 4.39 Å². The van der Waals surface area contributed by atoms with Gasteiger partial charge in [-0.3, -0.25) is 0 Å². The Kier molecular flexibility index (Phi) is 6.22. The van der Waals surface area contributed by atoms with E-state index in [9.17, 15) is 4.39 Å². The van der Waals surface area contributed by atoms with Gasteiger partial charge in [0.25, 0.3) is 0 Å². The molecule has 0 atom stereocenters. The maximum atomic E-state index is 14.8. The molecule has 26 heavy (non-hydrogen) atoms. The molecule has 2 aromatic carbocycles. The summed E-state index contributed by atoms with van der Waals surface area (Å²) in [5, 5.41) is 0. The topological polar surface area (TPSA) is 0 Å². The molecule has 0 saturated carbocycles. The van der Waals surface area contributed by atoms with Crippen molar-refractivity contribution in [2.75, 3.05) is 0 Å². The zero-order valence-electron chi connectivity index (χ0n) is 15.8. The molecular weight excluding hydrogens is 319 g/mol. The van der Waals surface area contributed by atoms with Gasteiger partial charge in [0.05, 0.1) is 0 Å². The molecule has 0 nitrogen and oxygen atoms in total. The summed E-state index contributed by atoms with van der Waals surface area (Å²) in [5.41, 5.74) is 6.38. The fraction of sp³-hybridized carbons (Fsp3) is 0.280. The van der Waals surface area contributed by atoms with Gasteiger partial charge in [0.1, 0.15) is 5.82 Å². The van der Waals surface area contributed by atoms with E-state index in [1.54, 1.807) is 6.07 Å². The molecular formula is C25H27F. The number of hydrogen-bond donors (Lipinski definition) is 0. The standard InChI is InChI=1S/C25H27F/c1-3-6-19-8-5-9-22(15-12-19)24-17-16-23(18-25(24)26)21-13-10-20(7-4-2)11-14-21/h5,8,10-18H,3-4,6-7,9H2,1-2H3. The van der Waals surface area contributed by atoms with Crippen LogP contribution >= 0.6 is 0 Å². The Morgan fingerprint density at radius 3 is 2.27 bits per heavy atom. The minimum atomic E-state index is -0.146. The summed E-state index contributed by atoms with van der Waals surface area (Å²) in [5.74, 6) is -0.146. The van der Waals surface area contributed by atoms with Gasteiger partial charge in [-0.1, -0.05) is 87.4 Å². The number of aryl methyl sites for hydroxylation is 1. The van der Waals surface area contributed by atoms with Crippen LogP contribution in [0.1, 0.15) is 50.7 Å². The molecule has 0 heterocycles. The lowest BCUT2D eigenvalue weighted by molar-refractivity contribution is 0.624. The number of rotatable bonds is 6. The molecule has 0 saturated heterocycles. The molecule has 1 aliphatic rings. The number of hydrogen-bond acceptors (Lipinski definition) is 0. The third kappa shape index (κ3) is 4.40. The fourth-order valence-corrected chi connectivity index (χ4v) is 3.43. The molecule has 0 aliphatic heterocycles. The normalized spacial score (nSPS) is 14.0. The molecule has 0 amide bonds. The van der Waals surface area contributed by atoms with Crippen molar-refractivity contribution >= 4 is 5.57 Å². The first-order valence-electron chi connectivity index (χ1n) is 9.66. The van der Waals surface area contributed by atoms with Crippen LogP contribution in [0.2, 0.25) is 0 Å². The average Bonchev–Trinajstić information content (AvgIpc) is 2.88. The molecule has 0 aromatic heterocycles. The van der Waals surface area contributed by atoms with Gasteiger partial charge in [-0.15, -0.1) is 0 Å². The van der Waals surface area contributed by atoms with E-state index < -0.39 is 0 Å². The second-order valence-electron chi connectivity index (χ2n) is 6.93. The van der Waals surface area contributed by atoms with Crippen LogP contribution < -0.4 is 0 Å². The number of halogens is 1. The molecule has 0 unspecified atom stereocenters. The summed E-state index contributed by atoms with van der Waals surface area (Å²) < 4.78 is 14.8. The summed E-state index contributed by atoms with van der Waals surface area (Å²) in [6, 6.07) is 14.1. The summed E-state index contributed by atoms with van der Waals surface area (Å²) in [6.45, 7) is 4.36. The summed E-state index contributed by atoms with van der Waals surface area (Å²) in [6.07, 6.45) is 13.7. The monoisotopic (exact) mass is 346 g/mol. The molecule has 0 spiro atoms. The predicted molar refractivity (Wildman–Crippen MR) is 111 cm³/mol. The minimum absolute atomic E-state index is 0.146. The fourth-order valence-electron chi connectivity index (χ4n) is 3.43. The summed E-state index contributed by atoms with van der Waals surface area (Å²) in [4.78, 5) is 0. The second kappa shape index (κ2) is 8.80. The van der Waals surface area contributed by atoms with Crippen LogP contribution in [0.15, 0.2) is 72.3 Å². The third-order valence-corrected chi connectivity index (χ3v) is 4.85. The van der Waals surface area contributed by atoms with Crippen LogP contribution in [0.5, 0.6) is 0 Å². The van der Waals surface area contributed by atoms with Gasteiger partial charge in [-0.25, -0.2) is 4.39 Å². The number of allylic oxidation sites excluding steroid dienone is 6. The largest absolute Gasteiger partial charge is 0.206 e. The molecule has 134 valence electrons. The lowest BCUT2D eigenvalue weighted by Gasteiger charge is -2.09. The first-order chi connectivity index (χ1) is 12.7. The average molecular weight is 346 g/mol. The van der Waals surface area contributed by atoms with Crippen LogP contribution in [-0.4, -0.2) is 0 Å². The Bertz CT molecular complexity index is 835. The van der Waals surface area contributed by atoms with E-state index in [4.69, 9.17) is 0 Å². The highest BCUT2D eigenvalue weighted by Gasteiger charge is 2.10. The van der Waals surface area contributed by atoms with Crippen LogP contribution in [0.25, 0.3) is 16.7 Å². The Morgan fingerprint density at radius 2 is 1.58 bits per heavy atom. The Labute approximate surface area is 156 Å². The second-order valence-corrected chi connectivity index (χ2v) is 6.93. The van der Waals surface area contributed by atoms with Gasteiger partial charge in [0.2, 0.25) is 0 Å². The van der Waals surface area contributed by atoms with E-state index in [0.717, 1.165) is 48.8 Å². The quantitative estimate of drug-likeness (QED) is 0.507. The predicted octanol–water partition coefficient (Wildman–Crippen LogP) is 7.52. The summed E-state index contributed by atoms with van der Waals surface area (Å²) in [7, 11) is 0. The van der Waals surface area contributed by atoms with Crippen molar-refractivity contribution in [3.8, 4) is 11.1 Å². The zero-order chi connectivity index (χ0) is 18.4. The van der Waals surface area contributed by atoms with E-state index in [-0.39, 0.29) is 5.82 Å². The van der Waals surface area contributed by atoms with Crippen molar-refractivity contribution in [3.63, 3.8) is 0 Å². The van der Waals surface area contributed by atoms with Crippen molar-refractivity contribution in [3.05, 3.63) is 89.3 Å². The SMILES string of the molecule is CCCC1=CC=C(c2ccc(-c3ccc(CCC)cc3)cc2F)CC=C1. The van der Waals surface area contributed by atoms with E-state index in [0.29, 0.717) is 5.56 Å². The minimum Gasteiger partial charge on any atom is -0.206 e. The van der Waals surface area contributed by atoms with Crippen molar-refractivity contribution < 1.29 is 4.39 Å². The molecule has 1 heteroatoms. The molecule has 0 N–H and O–H groups in total. The highest BCUT2D eigenvalue weighted by atomic mass is 19.1. The third-order valence-electron chi connectivity index (χ3n) is 4.85. The molecule has 3 rings (SSSR count). The van der Waals surface area contributed by atoms with Crippen LogP contribution in [0, 0.1) is 5.82 Å². The van der Waals surface area contributed by atoms with E-state index >= 15 is 0 Å². The lowest BCUT2D eigenvalue weighted by atomic mass is 9.97. The van der Waals surface area contributed by atoms with E-state index in [2.05, 4.69) is 62.4 Å². The molecule has 1 aliphatic carbocycles. The maximum Gasteiger partial charge on any atom is 0.131 e. The maximum absolute atomic E-state index is 14.8. The van der Waals surface area contributed by atoms with Gasteiger partial charge in [0.15, 0.2) is 0 Å². The van der Waals surface area contributed by atoms with Crippen molar-refractivity contribution in [2.24, 2.45) is 0 Å². The smallest absolute Gasteiger partial charge is 0.131 e. The highest BCUT2D eigenvalue weighted by molar-refractivity contribution is 5.73. The Hall–Kier alpha value is -2.41. The zero-order valence-corrected chi connectivity index (χ0v) is 15.8. The summed E-state index contributed by atoms with van der Waals surface area (Å²) >= 11 is 0. The van der Waals surface area contributed by atoms with E-state index in [1.807, 2.05) is 12.1 Å². The van der Waals surface area contributed by atoms with Crippen LogP contribution in [0.3, 0.4) is 0 Å². The van der Waals surface area contributed by atoms with Crippen molar-refractivity contribution in [1.82, 2.24) is 0 Å². The van der Waals surface area contributed by atoms with Gasteiger partial charge in [0, 0.05) is 5.56 Å². The molecule has 0 radical (unpaired) electrons. The van der Waals surface area contributed by atoms with Crippen LogP contribution in [-0.2, 0) is 6.42 Å². The van der Waals surface area contributed by atoms with Gasteiger partial charge in [-0.2, -0.15) is 0 Å². The lowest BCUT2D eigenvalue weighted by Crippen LogP contribution is -1.91. The molecule has 2 aromatic rings. The first-order valence-corrected chi connectivity index (χ1v) is 9.66. The van der Waals surface area contributed by atoms with Gasteiger partial charge < -0.3 is 0 Å². The Balaban J connectivity index is 1.85. The number of benzene rings is 2. The highest BCUT2D eigenvalue weighted by Crippen LogP contribution is 2.29. The van der Waals surface area contributed by atoms with Gasteiger partial charge in [-0.05, 0) is 53.2 Å². The molecule has 0 fully saturated rings. The molecule has 0 bridgehead atoms.